The second kappa shape index (κ2) is 7.50. The summed E-state index contributed by atoms with van der Waals surface area (Å²) in [6.45, 7) is 5.52. The van der Waals surface area contributed by atoms with Crippen molar-refractivity contribution in [2.45, 2.75) is 32.2 Å². The van der Waals surface area contributed by atoms with Crippen LogP contribution in [-0.2, 0) is 0 Å². The van der Waals surface area contributed by atoms with Crippen molar-refractivity contribution in [2.24, 2.45) is 5.73 Å². The highest BCUT2D eigenvalue weighted by atomic mass is 16.5. The Morgan fingerprint density at radius 1 is 1.25 bits per heavy atom. The molecule has 4 nitrogen and oxygen atoms in total. The van der Waals surface area contributed by atoms with Crippen LogP contribution < -0.4 is 15.2 Å². The van der Waals surface area contributed by atoms with Gasteiger partial charge in [-0.3, -0.25) is 4.90 Å². The first kappa shape index (κ1) is 15.1. The van der Waals surface area contributed by atoms with Crippen molar-refractivity contribution in [1.29, 1.82) is 0 Å². The summed E-state index contributed by atoms with van der Waals surface area (Å²) in [5.74, 6) is 1.72. The summed E-state index contributed by atoms with van der Waals surface area (Å²) in [6.07, 6.45) is 3.85. The number of nitrogens with zero attached hydrogens (tertiary/aromatic N) is 1. The SMILES string of the molecule is CCOc1cc(OC)ccc1C(CN)N1CCCCC1. The van der Waals surface area contributed by atoms with Gasteiger partial charge in [0, 0.05) is 18.2 Å². The first-order valence-corrected chi connectivity index (χ1v) is 7.55. The molecule has 112 valence electrons. The number of rotatable bonds is 6. The van der Waals surface area contributed by atoms with Gasteiger partial charge in [0.1, 0.15) is 11.5 Å². The lowest BCUT2D eigenvalue weighted by Crippen LogP contribution is -2.37. The molecule has 1 fully saturated rings. The lowest BCUT2D eigenvalue weighted by atomic mass is 10.0. The highest BCUT2D eigenvalue weighted by Crippen LogP contribution is 2.33. The van der Waals surface area contributed by atoms with Gasteiger partial charge in [-0.1, -0.05) is 12.5 Å². The summed E-state index contributed by atoms with van der Waals surface area (Å²) in [4.78, 5) is 2.48. The Kier molecular flexibility index (Phi) is 5.68. The van der Waals surface area contributed by atoms with Gasteiger partial charge in [-0.15, -0.1) is 0 Å². The molecule has 0 amide bonds. The van der Waals surface area contributed by atoms with Crippen LogP contribution in [0.3, 0.4) is 0 Å². The van der Waals surface area contributed by atoms with Crippen LogP contribution >= 0.6 is 0 Å². The van der Waals surface area contributed by atoms with Crippen molar-refractivity contribution in [2.75, 3.05) is 33.4 Å². The molecule has 0 bridgehead atoms. The van der Waals surface area contributed by atoms with Gasteiger partial charge in [0.25, 0.3) is 0 Å². The zero-order valence-electron chi connectivity index (χ0n) is 12.6. The van der Waals surface area contributed by atoms with Crippen LogP contribution in [0, 0.1) is 0 Å². The number of methoxy groups -OCH3 is 1. The van der Waals surface area contributed by atoms with E-state index in [2.05, 4.69) is 11.0 Å². The highest BCUT2D eigenvalue weighted by molar-refractivity contribution is 5.42. The van der Waals surface area contributed by atoms with Crippen molar-refractivity contribution in [3.63, 3.8) is 0 Å². The van der Waals surface area contributed by atoms with E-state index in [1.807, 2.05) is 19.1 Å². The van der Waals surface area contributed by atoms with Crippen LogP contribution in [-0.4, -0.2) is 38.3 Å². The molecule has 1 atom stereocenters. The third-order valence-electron chi connectivity index (χ3n) is 3.93. The van der Waals surface area contributed by atoms with E-state index in [0.29, 0.717) is 13.2 Å². The van der Waals surface area contributed by atoms with E-state index >= 15 is 0 Å². The van der Waals surface area contributed by atoms with Gasteiger partial charge in [0.05, 0.1) is 19.8 Å². The smallest absolute Gasteiger partial charge is 0.127 e. The summed E-state index contributed by atoms with van der Waals surface area (Å²) in [7, 11) is 1.68. The molecule has 0 spiro atoms. The van der Waals surface area contributed by atoms with Gasteiger partial charge in [0.15, 0.2) is 0 Å². The Morgan fingerprint density at radius 3 is 2.60 bits per heavy atom. The second-order valence-electron chi connectivity index (χ2n) is 5.18. The van der Waals surface area contributed by atoms with E-state index in [1.165, 1.54) is 24.8 Å². The summed E-state index contributed by atoms with van der Waals surface area (Å²) in [5.41, 5.74) is 7.22. The number of benzene rings is 1. The molecular formula is C16H26N2O2. The Hall–Kier alpha value is -1.26. The molecule has 1 aromatic rings. The minimum Gasteiger partial charge on any atom is -0.497 e. The van der Waals surface area contributed by atoms with Crippen LogP contribution in [0.1, 0.15) is 37.8 Å². The summed E-state index contributed by atoms with van der Waals surface area (Å²) < 4.78 is 11.1. The van der Waals surface area contributed by atoms with E-state index in [9.17, 15) is 0 Å². The fourth-order valence-corrected chi connectivity index (χ4v) is 2.90. The Morgan fingerprint density at radius 2 is 2.00 bits per heavy atom. The average molecular weight is 278 g/mol. The first-order valence-electron chi connectivity index (χ1n) is 7.55. The fourth-order valence-electron chi connectivity index (χ4n) is 2.90. The zero-order valence-corrected chi connectivity index (χ0v) is 12.6. The molecule has 1 saturated heterocycles. The summed E-state index contributed by atoms with van der Waals surface area (Å²) in [5, 5.41) is 0. The molecule has 4 heteroatoms. The average Bonchev–Trinajstić information content (AvgIpc) is 2.50. The zero-order chi connectivity index (χ0) is 14.4. The molecule has 0 radical (unpaired) electrons. The quantitative estimate of drug-likeness (QED) is 0.869. The molecule has 2 rings (SSSR count). The first-order chi connectivity index (χ1) is 9.80. The monoisotopic (exact) mass is 278 g/mol. The Bertz CT molecular complexity index is 417. The van der Waals surface area contributed by atoms with E-state index in [0.717, 1.165) is 24.6 Å². The largest absolute Gasteiger partial charge is 0.497 e. The predicted octanol–water partition coefficient (Wildman–Crippen LogP) is 2.58. The third-order valence-corrected chi connectivity index (χ3v) is 3.93. The molecule has 20 heavy (non-hydrogen) atoms. The van der Waals surface area contributed by atoms with Crippen LogP contribution in [0.4, 0.5) is 0 Å². The van der Waals surface area contributed by atoms with Crippen molar-refractivity contribution < 1.29 is 9.47 Å². The van der Waals surface area contributed by atoms with E-state index in [4.69, 9.17) is 15.2 Å². The molecule has 0 saturated carbocycles. The molecule has 0 aromatic heterocycles. The molecule has 0 aliphatic carbocycles. The van der Waals surface area contributed by atoms with Gasteiger partial charge in [-0.25, -0.2) is 0 Å². The maximum Gasteiger partial charge on any atom is 0.127 e. The van der Waals surface area contributed by atoms with Crippen LogP contribution in [0.15, 0.2) is 18.2 Å². The normalized spacial score (nSPS) is 17.8. The van der Waals surface area contributed by atoms with Crippen molar-refractivity contribution in [3.05, 3.63) is 23.8 Å². The van der Waals surface area contributed by atoms with E-state index in [-0.39, 0.29) is 6.04 Å². The third kappa shape index (κ3) is 3.44. The summed E-state index contributed by atoms with van der Waals surface area (Å²) in [6, 6.07) is 6.29. The van der Waals surface area contributed by atoms with Crippen LogP contribution in [0.5, 0.6) is 11.5 Å². The molecule has 1 aliphatic rings. The number of hydrogen-bond donors (Lipinski definition) is 1. The van der Waals surface area contributed by atoms with Crippen molar-refractivity contribution in [1.82, 2.24) is 4.90 Å². The highest BCUT2D eigenvalue weighted by Gasteiger charge is 2.24. The van der Waals surface area contributed by atoms with Gasteiger partial charge in [-0.05, 0) is 38.9 Å². The fraction of sp³-hybridized carbons (Fsp3) is 0.625. The molecule has 1 aliphatic heterocycles. The van der Waals surface area contributed by atoms with Crippen molar-refractivity contribution >= 4 is 0 Å². The minimum atomic E-state index is 0.239. The van der Waals surface area contributed by atoms with Gasteiger partial charge in [-0.2, -0.15) is 0 Å². The molecule has 2 N–H and O–H groups in total. The lowest BCUT2D eigenvalue weighted by molar-refractivity contribution is 0.164. The van der Waals surface area contributed by atoms with E-state index in [1.54, 1.807) is 7.11 Å². The second-order valence-corrected chi connectivity index (χ2v) is 5.18. The van der Waals surface area contributed by atoms with E-state index < -0.39 is 0 Å². The molecular weight excluding hydrogens is 252 g/mol. The minimum absolute atomic E-state index is 0.239. The number of piperidine rings is 1. The standard InChI is InChI=1S/C16H26N2O2/c1-3-20-16-11-13(19-2)7-8-14(16)15(12-17)18-9-5-4-6-10-18/h7-8,11,15H,3-6,9-10,12,17H2,1-2H3. The topological polar surface area (TPSA) is 47.7 Å². The summed E-state index contributed by atoms with van der Waals surface area (Å²) >= 11 is 0. The number of likely N-dealkylation sites (tertiary alicyclic amines) is 1. The Labute approximate surface area is 121 Å². The van der Waals surface area contributed by atoms with Crippen molar-refractivity contribution in [3.8, 4) is 11.5 Å². The molecule has 1 heterocycles. The van der Waals surface area contributed by atoms with Gasteiger partial charge < -0.3 is 15.2 Å². The van der Waals surface area contributed by atoms with Gasteiger partial charge in [0.2, 0.25) is 0 Å². The number of nitrogens with two attached hydrogens (primary N) is 1. The molecule has 1 aromatic carbocycles. The number of hydrogen-bond acceptors (Lipinski definition) is 4. The number of ether oxygens (including phenoxy) is 2. The van der Waals surface area contributed by atoms with Crippen LogP contribution in [0.25, 0.3) is 0 Å². The maximum atomic E-state index is 6.04. The van der Waals surface area contributed by atoms with Crippen LogP contribution in [0.2, 0.25) is 0 Å². The lowest BCUT2D eigenvalue weighted by Gasteiger charge is -2.34. The maximum absolute atomic E-state index is 6.04. The molecule has 1 unspecified atom stereocenters. The predicted molar refractivity (Wildman–Crippen MR) is 81.4 cm³/mol. The van der Waals surface area contributed by atoms with Gasteiger partial charge >= 0.3 is 0 Å². The Balaban J connectivity index is 2.27.